The Morgan fingerprint density at radius 2 is 1.87 bits per heavy atom. The van der Waals surface area contributed by atoms with E-state index in [2.05, 4.69) is 33.3 Å². The maximum absolute atomic E-state index is 4.93. The molecule has 0 heterocycles. The van der Waals surface area contributed by atoms with Gasteiger partial charge in [-0.2, -0.15) is 19.8 Å². The summed E-state index contributed by atoms with van der Waals surface area (Å²) < 4.78 is 0. The molecular weight excluding hydrogens is 306 g/mol. The van der Waals surface area contributed by atoms with Crippen LogP contribution in [0.15, 0.2) is 12.7 Å². The zero-order chi connectivity index (χ0) is 12.5. The number of allylic oxidation sites excluding steroid dienone is 1. The van der Waals surface area contributed by atoms with Gasteiger partial charge in [-0.1, -0.05) is 0 Å². The number of rotatable bonds is 5. The van der Waals surface area contributed by atoms with Gasteiger partial charge >= 0.3 is 37.9 Å². The molecule has 0 aromatic carbocycles. The summed E-state index contributed by atoms with van der Waals surface area (Å²) in [5, 5.41) is 0. The van der Waals surface area contributed by atoms with E-state index in [-0.39, 0.29) is 0 Å². The Kier molecular flexibility index (Phi) is 35.0. The van der Waals surface area contributed by atoms with Crippen LogP contribution in [0.25, 0.3) is 0 Å². The fraction of sp³-hybridized carbons (Fsp3) is 0.500. The fourth-order valence-electron chi connectivity index (χ4n) is 0.603. The van der Waals surface area contributed by atoms with Crippen LogP contribution < -0.4 is 0 Å². The summed E-state index contributed by atoms with van der Waals surface area (Å²) in [7, 11) is 9.87. The molecule has 0 saturated carbocycles. The Morgan fingerprint density at radius 3 is 1.93 bits per heavy atom. The second kappa shape index (κ2) is 24.4. The molecule has 0 aliphatic carbocycles. The van der Waals surface area contributed by atoms with E-state index in [9.17, 15) is 0 Å². The zero-order valence-electron chi connectivity index (χ0n) is 9.81. The molecule has 0 aromatic rings. The second-order valence-corrected chi connectivity index (χ2v) is 6.49. The molecule has 0 nitrogen and oxygen atoms in total. The van der Waals surface area contributed by atoms with Crippen molar-refractivity contribution in [1.29, 1.82) is 0 Å². The van der Waals surface area contributed by atoms with Crippen molar-refractivity contribution >= 4 is 17.0 Å². The van der Waals surface area contributed by atoms with Crippen molar-refractivity contribution in [2.24, 2.45) is 5.92 Å². The third-order valence-corrected chi connectivity index (χ3v) is 1.36. The van der Waals surface area contributed by atoms with Gasteiger partial charge in [0.25, 0.3) is 0 Å². The van der Waals surface area contributed by atoms with Gasteiger partial charge in [0, 0.05) is 0 Å². The van der Waals surface area contributed by atoms with Crippen LogP contribution in [-0.4, -0.2) is 0 Å². The molecule has 0 saturated heterocycles. The maximum atomic E-state index is 4.93. The summed E-state index contributed by atoms with van der Waals surface area (Å²) in [6.45, 7) is 15.1. The van der Waals surface area contributed by atoms with Crippen LogP contribution in [0.3, 0.4) is 0 Å². The molecule has 0 bridgehead atoms. The molecule has 0 aromatic heterocycles. The van der Waals surface area contributed by atoms with E-state index in [4.69, 9.17) is 17.0 Å². The van der Waals surface area contributed by atoms with E-state index in [1.165, 1.54) is 0 Å². The van der Waals surface area contributed by atoms with Crippen LogP contribution in [0.1, 0.15) is 33.1 Å². The zero-order valence-corrected chi connectivity index (χ0v) is 13.8. The molecule has 92 valence electrons. The van der Waals surface area contributed by atoms with Crippen molar-refractivity contribution < 1.29 is 20.8 Å². The molecule has 0 spiro atoms. The Labute approximate surface area is 115 Å². The van der Waals surface area contributed by atoms with Crippen LogP contribution in [0, 0.1) is 32.6 Å². The van der Waals surface area contributed by atoms with Gasteiger partial charge < -0.3 is 26.7 Å². The number of unbranched alkanes of at least 4 members (excludes halogenated alkanes) is 2. The average Bonchev–Trinajstić information content (AvgIpc) is 2.21. The van der Waals surface area contributed by atoms with E-state index in [1.807, 2.05) is 19.9 Å². The first-order valence-electron chi connectivity index (χ1n) is 4.91. The molecule has 0 fully saturated rings. The standard InChI is InChI=1S/C7H12.C5H10.2ClH.Zr/c1-4-6-7(3)5-2;1-3-5-4-2;;;/h4-5,7H,2-3,6H2,1H3;4H,1,3,5H2,2H3;2*1H;/q2*-2;;;+2/p-2. The van der Waals surface area contributed by atoms with E-state index < -0.39 is 20.8 Å². The average molecular weight is 328 g/mol. The molecule has 0 rings (SSSR count). The van der Waals surface area contributed by atoms with Crippen LogP contribution in [0.4, 0.5) is 0 Å². The predicted octanol–water partition coefficient (Wildman–Crippen LogP) is 5.44. The minimum absolute atomic E-state index is 0.407. The van der Waals surface area contributed by atoms with Crippen molar-refractivity contribution in [1.82, 2.24) is 0 Å². The van der Waals surface area contributed by atoms with Gasteiger partial charge in [0.15, 0.2) is 0 Å². The Hall–Kier alpha value is 1.20. The van der Waals surface area contributed by atoms with E-state index in [0.29, 0.717) is 5.92 Å². The number of hydrogen-bond donors (Lipinski definition) is 0. The van der Waals surface area contributed by atoms with Crippen LogP contribution in [0.2, 0.25) is 0 Å². The summed E-state index contributed by atoms with van der Waals surface area (Å²) >= 11 is -0.826. The molecule has 0 aliphatic rings. The van der Waals surface area contributed by atoms with Crippen molar-refractivity contribution in [3.63, 3.8) is 0 Å². The van der Waals surface area contributed by atoms with Gasteiger partial charge in [0.05, 0.1) is 0 Å². The summed E-state index contributed by atoms with van der Waals surface area (Å²) in [5.41, 5.74) is 0. The molecular formula is C12H22Cl2Zr-4. The van der Waals surface area contributed by atoms with E-state index in [0.717, 1.165) is 19.3 Å². The summed E-state index contributed by atoms with van der Waals surface area (Å²) in [6.07, 6.45) is 9.31. The van der Waals surface area contributed by atoms with Gasteiger partial charge in [0.2, 0.25) is 0 Å². The van der Waals surface area contributed by atoms with Crippen molar-refractivity contribution in [3.8, 4) is 0 Å². The molecule has 1 atom stereocenters. The van der Waals surface area contributed by atoms with Gasteiger partial charge in [-0.15, -0.1) is 12.7 Å². The first-order chi connectivity index (χ1) is 7.14. The SMILES string of the molecule is C=CC([CH2-])C[CH-]C.[CH2-]CC[CH-]C.[Cl][Zr][Cl]. The summed E-state index contributed by atoms with van der Waals surface area (Å²) in [4.78, 5) is 0. The molecule has 0 aliphatic heterocycles. The van der Waals surface area contributed by atoms with Crippen molar-refractivity contribution in [3.05, 3.63) is 39.3 Å². The van der Waals surface area contributed by atoms with Crippen molar-refractivity contribution in [2.45, 2.75) is 33.1 Å². The van der Waals surface area contributed by atoms with Gasteiger partial charge in [-0.25, -0.2) is 19.3 Å². The summed E-state index contributed by atoms with van der Waals surface area (Å²) in [6, 6.07) is 0. The third-order valence-electron chi connectivity index (χ3n) is 1.36. The Morgan fingerprint density at radius 1 is 1.40 bits per heavy atom. The molecule has 15 heavy (non-hydrogen) atoms. The molecule has 1 unspecified atom stereocenters. The monoisotopic (exact) mass is 326 g/mol. The first kappa shape index (κ1) is 21.5. The van der Waals surface area contributed by atoms with Crippen LogP contribution >= 0.6 is 17.0 Å². The normalized spacial score (nSPS) is 10.0. The predicted molar refractivity (Wildman–Crippen MR) is 69.9 cm³/mol. The quantitative estimate of drug-likeness (QED) is 0.466. The fourth-order valence-corrected chi connectivity index (χ4v) is 0.603. The molecule has 3 heteroatoms. The molecule has 0 N–H and O–H groups in total. The van der Waals surface area contributed by atoms with Gasteiger partial charge in [-0.05, 0) is 0 Å². The minimum atomic E-state index is -0.826. The van der Waals surface area contributed by atoms with Crippen molar-refractivity contribution in [2.75, 3.05) is 0 Å². The summed E-state index contributed by atoms with van der Waals surface area (Å²) in [5.74, 6) is 0.407. The molecule has 0 amide bonds. The number of halogens is 2. The first-order valence-corrected chi connectivity index (χ1v) is 11.2. The second-order valence-electron chi connectivity index (χ2n) is 2.76. The van der Waals surface area contributed by atoms with Gasteiger partial charge in [0.1, 0.15) is 0 Å². The topological polar surface area (TPSA) is 0 Å². The Balaban J connectivity index is -0.000000158. The number of hydrogen-bond acceptors (Lipinski definition) is 0. The van der Waals surface area contributed by atoms with E-state index >= 15 is 0 Å². The Bertz CT molecular complexity index is 95.6. The van der Waals surface area contributed by atoms with Crippen LogP contribution in [-0.2, 0) is 20.8 Å². The van der Waals surface area contributed by atoms with Crippen LogP contribution in [0.5, 0.6) is 0 Å². The van der Waals surface area contributed by atoms with E-state index in [1.54, 1.807) is 0 Å². The van der Waals surface area contributed by atoms with Gasteiger partial charge in [-0.3, -0.25) is 0 Å². The molecule has 0 radical (unpaired) electrons. The third kappa shape index (κ3) is 39.4.